The minimum atomic E-state index is -0.878. The minimum Gasteiger partial charge on any atom is -0.480 e. The van der Waals surface area contributed by atoms with E-state index in [0.717, 1.165) is 10.2 Å². The van der Waals surface area contributed by atoms with Gasteiger partial charge in [0, 0.05) is 0 Å². The topological polar surface area (TPSA) is 62.2 Å². The molecule has 0 spiro atoms. The fourth-order valence-corrected chi connectivity index (χ4v) is 2.52. The standard InChI is InChI=1S/C12H14N2O2S/c1-6-4-9-10(5-7(6)2)17-12(14-9)13-8(3)11(15)16/h4-5,8H,1-3H3,(H,13,14)(H,15,16)/t8-/m1/s1. The zero-order chi connectivity index (χ0) is 12.6. The molecule has 2 N–H and O–H groups in total. The first-order valence-corrected chi connectivity index (χ1v) is 6.16. The second-order valence-electron chi connectivity index (χ2n) is 4.13. The Morgan fingerprint density at radius 1 is 1.41 bits per heavy atom. The Hall–Kier alpha value is -1.62. The summed E-state index contributed by atoms with van der Waals surface area (Å²) >= 11 is 1.48. The molecule has 0 unspecified atom stereocenters. The van der Waals surface area contributed by atoms with Gasteiger partial charge in [-0.25, -0.2) is 4.98 Å². The molecule has 2 aromatic rings. The van der Waals surface area contributed by atoms with Gasteiger partial charge in [0.1, 0.15) is 6.04 Å². The van der Waals surface area contributed by atoms with Gasteiger partial charge in [0.05, 0.1) is 10.2 Å². The number of fused-ring (bicyclic) bond motifs is 1. The number of aliphatic carboxylic acids is 1. The Morgan fingerprint density at radius 2 is 2.06 bits per heavy atom. The van der Waals surface area contributed by atoms with Gasteiger partial charge in [-0.1, -0.05) is 11.3 Å². The lowest BCUT2D eigenvalue weighted by Gasteiger charge is -2.05. The predicted octanol–water partition coefficient (Wildman–Crippen LogP) is 2.80. The second kappa shape index (κ2) is 4.33. The van der Waals surface area contributed by atoms with Crippen molar-refractivity contribution >= 4 is 32.7 Å². The molecule has 17 heavy (non-hydrogen) atoms. The molecule has 0 saturated carbocycles. The number of nitrogens with one attached hydrogen (secondary N) is 1. The average molecular weight is 250 g/mol. The van der Waals surface area contributed by atoms with Crippen molar-refractivity contribution in [3.05, 3.63) is 23.3 Å². The summed E-state index contributed by atoms with van der Waals surface area (Å²) < 4.78 is 1.08. The molecule has 1 atom stereocenters. The minimum absolute atomic E-state index is 0.627. The van der Waals surface area contributed by atoms with E-state index in [1.807, 2.05) is 13.0 Å². The molecule has 0 saturated heterocycles. The lowest BCUT2D eigenvalue weighted by atomic mass is 10.1. The number of nitrogens with zero attached hydrogens (tertiary/aromatic N) is 1. The fraction of sp³-hybridized carbons (Fsp3) is 0.333. The normalized spacial score (nSPS) is 12.6. The van der Waals surface area contributed by atoms with Gasteiger partial charge in [-0.3, -0.25) is 4.79 Å². The van der Waals surface area contributed by atoms with E-state index < -0.39 is 12.0 Å². The second-order valence-corrected chi connectivity index (χ2v) is 5.16. The highest BCUT2D eigenvalue weighted by Gasteiger charge is 2.13. The Kier molecular flexibility index (Phi) is 3.02. The molecule has 90 valence electrons. The molecule has 0 amide bonds. The Labute approximate surface area is 103 Å². The highest BCUT2D eigenvalue weighted by atomic mass is 32.1. The van der Waals surface area contributed by atoms with Gasteiger partial charge in [0.2, 0.25) is 0 Å². The van der Waals surface area contributed by atoms with Gasteiger partial charge in [-0.15, -0.1) is 0 Å². The number of hydrogen-bond donors (Lipinski definition) is 2. The molecule has 0 aliphatic carbocycles. The summed E-state index contributed by atoms with van der Waals surface area (Å²) in [7, 11) is 0. The first-order chi connectivity index (χ1) is 7.97. The molecule has 0 aliphatic heterocycles. The van der Waals surface area contributed by atoms with Crippen LogP contribution in [-0.2, 0) is 4.79 Å². The van der Waals surface area contributed by atoms with Crippen LogP contribution in [0.4, 0.5) is 5.13 Å². The van der Waals surface area contributed by atoms with Crippen LogP contribution in [0.15, 0.2) is 12.1 Å². The molecule has 1 heterocycles. The number of rotatable bonds is 3. The third kappa shape index (κ3) is 2.39. The summed E-state index contributed by atoms with van der Waals surface area (Å²) in [6, 6.07) is 3.48. The lowest BCUT2D eigenvalue weighted by molar-refractivity contribution is -0.137. The highest BCUT2D eigenvalue weighted by Crippen LogP contribution is 2.28. The first-order valence-electron chi connectivity index (χ1n) is 5.34. The van der Waals surface area contributed by atoms with Crippen LogP contribution in [0.2, 0.25) is 0 Å². The maximum Gasteiger partial charge on any atom is 0.325 e. The van der Waals surface area contributed by atoms with Crippen LogP contribution in [-0.4, -0.2) is 22.1 Å². The van der Waals surface area contributed by atoms with E-state index in [1.165, 1.54) is 22.5 Å². The number of aryl methyl sites for hydroxylation is 2. The SMILES string of the molecule is Cc1cc2nc(N[C@H](C)C(=O)O)sc2cc1C. The van der Waals surface area contributed by atoms with E-state index in [4.69, 9.17) is 5.11 Å². The third-order valence-corrected chi connectivity index (χ3v) is 3.66. The van der Waals surface area contributed by atoms with E-state index in [9.17, 15) is 4.79 Å². The maximum absolute atomic E-state index is 10.7. The summed E-state index contributed by atoms with van der Waals surface area (Å²) in [5.74, 6) is -0.878. The van der Waals surface area contributed by atoms with Crippen molar-refractivity contribution in [3.63, 3.8) is 0 Å². The van der Waals surface area contributed by atoms with Crippen molar-refractivity contribution in [2.45, 2.75) is 26.8 Å². The largest absolute Gasteiger partial charge is 0.480 e. The summed E-state index contributed by atoms with van der Waals surface area (Å²) in [4.78, 5) is 15.1. The van der Waals surface area contributed by atoms with Crippen LogP contribution in [0.1, 0.15) is 18.1 Å². The molecule has 5 heteroatoms. The molecule has 4 nitrogen and oxygen atoms in total. The van der Waals surface area contributed by atoms with Gasteiger partial charge in [0.15, 0.2) is 5.13 Å². The summed E-state index contributed by atoms with van der Waals surface area (Å²) in [6.45, 7) is 5.70. The van der Waals surface area contributed by atoms with Crippen LogP contribution in [0.5, 0.6) is 0 Å². The Bertz CT molecular complexity index is 538. The number of carboxylic acid groups (broad SMARTS) is 1. The zero-order valence-electron chi connectivity index (χ0n) is 9.94. The van der Waals surface area contributed by atoms with Crippen LogP contribution in [0.25, 0.3) is 10.2 Å². The van der Waals surface area contributed by atoms with Crippen LogP contribution < -0.4 is 5.32 Å². The molecular formula is C12H14N2O2S. The van der Waals surface area contributed by atoms with Crippen molar-refractivity contribution in [1.82, 2.24) is 4.98 Å². The summed E-state index contributed by atoms with van der Waals surface area (Å²) in [5.41, 5.74) is 3.33. The maximum atomic E-state index is 10.7. The predicted molar refractivity (Wildman–Crippen MR) is 69.8 cm³/mol. The van der Waals surface area contributed by atoms with Gasteiger partial charge >= 0.3 is 5.97 Å². The van der Waals surface area contributed by atoms with Gasteiger partial charge < -0.3 is 10.4 Å². The number of benzene rings is 1. The Balaban J connectivity index is 2.35. The Morgan fingerprint density at radius 3 is 2.71 bits per heavy atom. The molecule has 1 aromatic carbocycles. The van der Waals surface area contributed by atoms with Crippen LogP contribution >= 0.6 is 11.3 Å². The molecule has 2 rings (SSSR count). The lowest BCUT2D eigenvalue weighted by Crippen LogP contribution is -2.25. The average Bonchev–Trinajstić information content (AvgIpc) is 2.60. The van der Waals surface area contributed by atoms with E-state index in [1.54, 1.807) is 6.92 Å². The van der Waals surface area contributed by atoms with Gasteiger partial charge in [-0.2, -0.15) is 0 Å². The molecule has 0 bridgehead atoms. The number of hydrogen-bond acceptors (Lipinski definition) is 4. The van der Waals surface area contributed by atoms with E-state index >= 15 is 0 Å². The summed E-state index contributed by atoms with van der Waals surface area (Å²) in [5, 5.41) is 12.4. The summed E-state index contributed by atoms with van der Waals surface area (Å²) in [6.07, 6.45) is 0. The van der Waals surface area contributed by atoms with Crippen LogP contribution in [0, 0.1) is 13.8 Å². The first kappa shape index (κ1) is 11.9. The fourth-order valence-electron chi connectivity index (χ4n) is 1.49. The smallest absolute Gasteiger partial charge is 0.325 e. The number of aromatic nitrogens is 1. The quantitative estimate of drug-likeness (QED) is 0.879. The number of anilines is 1. The number of carbonyl (C=O) groups is 1. The van der Waals surface area contributed by atoms with Crippen molar-refractivity contribution in [3.8, 4) is 0 Å². The molecule has 1 aromatic heterocycles. The van der Waals surface area contributed by atoms with Crippen molar-refractivity contribution < 1.29 is 9.90 Å². The van der Waals surface area contributed by atoms with Crippen LogP contribution in [0.3, 0.4) is 0 Å². The van der Waals surface area contributed by atoms with Gasteiger partial charge in [-0.05, 0) is 44.0 Å². The zero-order valence-corrected chi connectivity index (χ0v) is 10.8. The molecule has 0 fully saturated rings. The van der Waals surface area contributed by atoms with E-state index in [2.05, 4.69) is 23.3 Å². The molecular weight excluding hydrogens is 236 g/mol. The number of carboxylic acids is 1. The third-order valence-electron chi connectivity index (χ3n) is 2.71. The molecule has 0 radical (unpaired) electrons. The van der Waals surface area contributed by atoms with Gasteiger partial charge in [0.25, 0.3) is 0 Å². The van der Waals surface area contributed by atoms with Crippen molar-refractivity contribution in [1.29, 1.82) is 0 Å². The van der Waals surface area contributed by atoms with E-state index in [-0.39, 0.29) is 0 Å². The highest BCUT2D eigenvalue weighted by molar-refractivity contribution is 7.22. The van der Waals surface area contributed by atoms with Crippen molar-refractivity contribution in [2.75, 3.05) is 5.32 Å². The monoisotopic (exact) mass is 250 g/mol. The molecule has 0 aliphatic rings. The van der Waals surface area contributed by atoms with E-state index in [0.29, 0.717) is 5.13 Å². The van der Waals surface area contributed by atoms with Crippen molar-refractivity contribution in [2.24, 2.45) is 0 Å². The number of thiazole rings is 1.